The molecule has 100 valence electrons. The lowest BCUT2D eigenvalue weighted by atomic mass is 10.1. The Hall–Kier alpha value is -1.33. The van der Waals surface area contributed by atoms with E-state index in [0.717, 1.165) is 29.3 Å². The predicted octanol–water partition coefficient (Wildman–Crippen LogP) is 2.57. The van der Waals surface area contributed by atoms with Gasteiger partial charge in [0.2, 0.25) is 0 Å². The van der Waals surface area contributed by atoms with Crippen molar-refractivity contribution in [2.75, 3.05) is 0 Å². The van der Waals surface area contributed by atoms with Gasteiger partial charge in [-0.05, 0) is 43.5 Å². The van der Waals surface area contributed by atoms with Crippen molar-refractivity contribution in [1.29, 1.82) is 0 Å². The zero-order chi connectivity index (χ0) is 13.8. The van der Waals surface area contributed by atoms with Crippen molar-refractivity contribution in [1.82, 2.24) is 4.57 Å². The molecule has 6 heteroatoms. The second-order valence-electron chi connectivity index (χ2n) is 4.88. The maximum atomic E-state index is 12.0. The molecule has 1 aromatic carbocycles. The summed E-state index contributed by atoms with van der Waals surface area (Å²) in [6.07, 6.45) is 1.99. The third-order valence-electron chi connectivity index (χ3n) is 3.42. The number of rotatable bonds is 2. The van der Waals surface area contributed by atoms with Gasteiger partial charge in [-0.15, -0.1) is 0 Å². The highest BCUT2D eigenvalue weighted by Gasteiger charge is 2.26. The Balaban J connectivity index is 2.39. The number of aromatic nitrogens is 1. The SMILES string of the molecule is Cc1cc(=O)n(C2CC2)c2ccc(S(=O)(=O)Cl)cc12. The largest absolute Gasteiger partial charge is 0.305 e. The summed E-state index contributed by atoms with van der Waals surface area (Å²) in [5.41, 5.74) is 1.50. The van der Waals surface area contributed by atoms with Gasteiger partial charge < -0.3 is 4.57 Å². The second-order valence-corrected chi connectivity index (χ2v) is 7.45. The summed E-state index contributed by atoms with van der Waals surface area (Å²) in [6.45, 7) is 1.80. The predicted molar refractivity (Wildman–Crippen MR) is 74.3 cm³/mol. The monoisotopic (exact) mass is 297 g/mol. The van der Waals surface area contributed by atoms with Crippen molar-refractivity contribution < 1.29 is 8.42 Å². The Morgan fingerprint density at radius 1 is 1.26 bits per heavy atom. The Bertz CT molecular complexity index is 835. The van der Waals surface area contributed by atoms with Crippen LogP contribution in [-0.4, -0.2) is 13.0 Å². The molecular formula is C13H12ClNO3S. The molecule has 0 spiro atoms. The Labute approximate surface area is 115 Å². The molecule has 0 amide bonds. The van der Waals surface area contributed by atoms with Gasteiger partial charge in [0.05, 0.1) is 10.4 Å². The molecule has 4 nitrogen and oxygen atoms in total. The molecule has 0 unspecified atom stereocenters. The van der Waals surface area contributed by atoms with E-state index in [4.69, 9.17) is 10.7 Å². The van der Waals surface area contributed by atoms with Crippen LogP contribution in [0.5, 0.6) is 0 Å². The number of pyridine rings is 1. The summed E-state index contributed by atoms with van der Waals surface area (Å²) in [4.78, 5) is 12.1. The fourth-order valence-electron chi connectivity index (χ4n) is 2.35. The number of benzene rings is 1. The van der Waals surface area contributed by atoms with Crippen molar-refractivity contribution in [3.63, 3.8) is 0 Å². The molecule has 1 fully saturated rings. The number of nitrogens with zero attached hydrogens (tertiary/aromatic N) is 1. The molecule has 19 heavy (non-hydrogen) atoms. The third-order valence-corrected chi connectivity index (χ3v) is 4.77. The molecule has 1 heterocycles. The lowest BCUT2D eigenvalue weighted by molar-refractivity contribution is 0.609. The fraction of sp³-hybridized carbons (Fsp3) is 0.308. The van der Waals surface area contributed by atoms with E-state index in [1.54, 1.807) is 23.6 Å². The van der Waals surface area contributed by atoms with E-state index in [1.165, 1.54) is 12.1 Å². The first-order chi connectivity index (χ1) is 8.88. The van der Waals surface area contributed by atoms with E-state index in [9.17, 15) is 13.2 Å². The van der Waals surface area contributed by atoms with Crippen LogP contribution in [0.1, 0.15) is 24.4 Å². The van der Waals surface area contributed by atoms with Crippen LogP contribution in [0.3, 0.4) is 0 Å². The van der Waals surface area contributed by atoms with Gasteiger partial charge in [-0.1, -0.05) is 0 Å². The van der Waals surface area contributed by atoms with Gasteiger partial charge in [-0.25, -0.2) is 8.42 Å². The van der Waals surface area contributed by atoms with Crippen LogP contribution in [0.25, 0.3) is 10.9 Å². The Kier molecular flexibility index (Phi) is 2.73. The first kappa shape index (κ1) is 12.7. The Morgan fingerprint density at radius 3 is 2.53 bits per heavy atom. The molecule has 1 saturated carbocycles. The second kappa shape index (κ2) is 4.08. The number of fused-ring (bicyclic) bond motifs is 1. The summed E-state index contributed by atoms with van der Waals surface area (Å²) in [7, 11) is 1.61. The van der Waals surface area contributed by atoms with Gasteiger partial charge in [0.1, 0.15) is 0 Å². The molecule has 0 aliphatic heterocycles. The zero-order valence-electron chi connectivity index (χ0n) is 10.3. The minimum atomic E-state index is -3.75. The highest BCUT2D eigenvalue weighted by Crippen LogP contribution is 2.36. The summed E-state index contributed by atoms with van der Waals surface area (Å²) in [6, 6.07) is 6.44. The summed E-state index contributed by atoms with van der Waals surface area (Å²) in [5.74, 6) is 0. The lowest BCUT2D eigenvalue weighted by Crippen LogP contribution is -2.19. The quantitative estimate of drug-likeness (QED) is 0.801. The summed E-state index contributed by atoms with van der Waals surface area (Å²) >= 11 is 0. The molecule has 1 aliphatic carbocycles. The first-order valence-corrected chi connectivity index (χ1v) is 8.29. The zero-order valence-corrected chi connectivity index (χ0v) is 11.8. The maximum Gasteiger partial charge on any atom is 0.261 e. The minimum Gasteiger partial charge on any atom is -0.305 e. The molecule has 0 bridgehead atoms. The van der Waals surface area contributed by atoms with E-state index in [1.807, 2.05) is 0 Å². The van der Waals surface area contributed by atoms with Crippen LogP contribution in [0.4, 0.5) is 0 Å². The van der Waals surface area contributed by atoms with Crippen molar-refractivity contribution in [2.24, 2.45) is 0 Å². The van der Waals surface area contributed by atoms with Crippen LogP contribution in [0, 0.1) is 6.92 Å². The summed E-state index contributed by atoms with van der Waals surface area (Å²) < 4.78 is 24.5. The molecule has 2 aromatic rings. The number of hydrogen-bond donors (Lipinski definition) is 0. The topological polar surface area (TPSA) is 56.1 Å². The van der Waals surface area contributed by atoms with Gasteiger partial charge in [-0.3, -0.25) is 4.79 Å². The normalized spacial score (nSPS) is 15.9. The highest BCUT2D eigenvalue weighted by molar-refractivity contribution is 8.13. The van der Waals surface area contributed by atoms with Crippen molar-refractivity contribution in [3.05, 3.63) is 40.2 Å². The molecule has 0 radical (unpaired) electrons. The van der Waals surface area contributed by atoms with E-state index < -0.39 is 9.05 Å². The van der Waals surface area contributed by atoms with Crippen LogP contribution in [-0.2, 0) is 9.05 Å². The summed E-state index contributed by atoms with van der Waals surface area (Å²) in [5, 5.41) is 0.758. The first-order valence-electron chi connectivity index (χ1n) is 5.98. The molecule has 0 saturated heterocycles. The molecule has 1 aromatic heterocycles. The minimum absolute atomic E-state index is 0.0334. The van der Waals surface area contributed by atoms with E-state index in [-0.39, 0.29) is 16.5 Å². The Morgan fingerprint density at radius 2 is 1.95 bits per heavy atom. The van der Waals surface area contributed by atoms with Crippen LogP contribution in [0.2, 0.25) is 0 Å². The van der Waals surface area contributed by atoms with Crippen LogP contribution in [0.15, 0.2) is 34.0 Å². The van der Waals surface area contributed by atoms with E-state index in [0.29, 0.717) is 0 Å². The molecule has 1 aliphatic rings. The van der Waals surface area contributed by atoms with Gasteiger partial charge in [0.25, 0.3) is 14.6 Å². The van der Waals surface area contributed by atoms with E-state index in [2.05, 4.69) is 0 Å². The number of hydrogen-bond acceptors (Lipinski definition) is 3. The molecular weight excluding hydrogens is 286 g/mol. The van der Waals surface area contributed by atoms with Gasteiger partial charge >= 0.3 is 0 Å². The van der Waals surface area contributed by atoms with Gasteiger partial charge in [-0.2, -0.15) is 0 Å². The molecule has 0 atom stereocenters. The number of aryl methyl sites for hydroxylation is 1. The standard InChI is InChI=1S/C13H12ClNO3S/c1-8-6-13(16)15(9-2-3-9)12-5-4-10(7-11(8)12)19(14,17)18/h4-7,9H,2-3H2,1H3. The highest BCUT2D eigenvalue weighted by atomic mass is 35.7. The van der Waals surface area contributed by atoms with Crippen LogP contribution >= 0.6 is 10.7 Å². The van der Waals surface area contributed by atoms with Gasteiger partial charge in [0.15, 0.2) is 0 Å². The molecule has 3 rings (SSSR count). The van der Waals surface area contributed by atoms with E-state index >= 15 is 0 Å². The smallest absolute Gasteiger partial charge is 0.261 e. The molecule has 0 N–H and O–H groups in total. The van der Waals surface area contributed by atoms with Gasteiger partial charge in [0, 0.05) is 28.2 Å². The average molecular weight is 298 g/mol. The lowest BCUT2D eigenvalue weighted by Gasteiger charge is -2.11. The van der Waals surface area contributed by atoms with Crippen molar-refractivity contribution in [2.45, 2.75) is 30.7 Å². The fourth-order valence-corrected chi connectivity index (χ4v) is 3.13. The third kappa shape index (κ3) is 2.17. The maximum absolute atomic E-state index is 12.0. The average Bonchev–Trinajstić information content (AvgIpc) is 3.11. The van der Waals surface area contributed by atoms with Crippen LogP contribution < -0.4 is 5.56 Å². The number of halogens is 1. The van der Waals surface area contributed by atoms with Crippen molar-refractivity contribution in [3.8, 4) is 0 Å². The van der Waals surface area contributed by atoms with Crippen molar-refractivity contribution >= 4 is 30.6 Å².